The number of hydrogen-bond acceptors (Lipinski definition) is 2. The number of nitrogens with one attached hydrogen (secondary N) is 1. The second-order valence-electron chi connectivity index (χ2n) is 6.40. The van der Waals surface area contributed by atoms with Gasteiger partial charge in [-0.05, 0) is 54.1 Å². The molecule has 1 aromatic heterocycles. The fraction of sp³-hybridized carbons (Fsp3) is 0.0435. The minimum absolute atomic E-state index is 0.923. The lowest BCUT2D eigenvalue weighted by atomic mass is 10.0. The van der Waals surface area contributed by atoms with Crippen LogP contribution in [0.4, 0.5) is 11.4 Å². The van der Waals surface area contributed by atoms with Crippen LogP contribution in [0.3, 0.4) is 0 Å². The summed E-state index contributed by atoms with van der Waals surface area (Å²) >= 11 is 0. The Morgan fingerprint density at radius 1 is 0.680 bits per heavy atom. The van der Waals surface area contributed by atoms with E-state index in [1.54, 1.807) is 0 Å². The molecule has 0 radical (unpaired) electrons. The third-order valence-corrected chi connectivity index (χ3v) is 4.79. The van der Waals surface area contributed by atoms with Gasteiger partial charge in [-0.15, -0.1) is 0 Å². The minimum Gasteiger partial charge on any atom is -0.456 e. The van der Waals surface area contributed by atoms with Crippen molar-refractivity contribution in [1.82, 2.24) is 0 Å². The molecule has 0 aliphatic heterocycles. The summed E-state index contributed by atoms with van der Waals surface area (Å²) in [6.45, 7) is 2.14. The fourth-order valence-electron chi connectivity index (χ4n) is 3.55. The summed E-state index contributed by atoms with van der Waals surface area (Å²) in [7, 11) is 0. The van der Waals surface area contributed by atoms with Crippen molar-refractivity contribution in [2.45, 2.75) is 6.92 Å². The van der Waals surface area contributed by atoms with Gasteiger partial charge in [-0.25, -0.2) is 0 Å². The summed E-state index contributed by atoms with van der Waals surface area (Å²) in [4.78, 5) is 0. The number of aryl methyl sites for hydroxylation is 1. The van der Waals surface area contributed by atoms with Crippen LogP contribution < -0.4 is 5.32 Å². The Kier molecular flexibility index (Phi) is 3.04. The highest BCUT2D eigenvalue weighted by Crippen LogP contribution is 2.36. The maximum atomic E-state index is 6.17. The van der Waals surface area contributed by atoms with Gasteiger partial charge in [0.1, 0.15) is 11.2 Å². The first-order chi connectivity index (χ1) is 12.3. The van der Waals surface area contributed by atoms with E-state index < -0.39 is 0 Å². The van der Waals surface area contributed by atoms with E-state index in [-0.39, 0.29) is 0 Å². The second-order valence-corrected chi connectivity index (χ2v) is 6.40. The van der Waals surface area contributed by atoms with E-state index in [9.17, 15) is 0 Å². The van der Waals surface area contributed by atoms with Crippen molar-refractivity contribution in [2.75, 3.05) is 5.32 Å². The summed E-state index contributed by atoms with van der Waals surface area (Å²) in [6.07, 6.45) is 0. The Balaban J connectivity index is 1.73. The van der Waals surface area contributed by atoms with Gasteiger partial charge in [-0.1, -0.05) is 42.5 Å². The van der Waals surface area contributed by atoms with Crippen LogP contribution in [0.5, 0.6) is 0 Å². The standard InChI is InChI=1S/C23H17NO/c1-15-19-10-6-5-7-16(19)13-21-20-14-18(11-12-22(20)25-23(15)21)24-17-8-3-2-4-9-17/h2-14,24H,1H3. The van der Waals surface area contributed by atoms with E-state index >= 15 is 0 Å². The Bertz CT molecular complexity index is 1220. The van der Waals surface area contributed by atoms with Gasteiger partial charge in [0, 0.05) is 27.7 Å². The number of furan rings is 1. The normalized spacial score (nSPS) is 11.4. The lowest BCUT2D eigenvalue weighted by molar-refractivity contribution is 0.666. The first-order valence-electron chi connectivity index (χ1n) is 8.46. The monoisotopic (exact) mass is 323 g/mol. The lowest BCUT2D eigenvalue weighted by Crippen LogP contribution is -1.88. The average molecular weight is 323 g/mol. The summed E-state index contributed by atoms with van der Waals surface area (Å²) in [5, 5.41) is 8.27. The van der Waals surface area contributed by atoms with Crippen molar-refractivity contribution in [2.24, 2.45) is 0 Å². The van der Waals surface area contributed by atoms with Crippen molar-refractivity contribution in [3.05, 3.63) is 84.4 Å². The summed E-state index contributed by atoms with van der Waals surface area (Å²) in [5.74, 6) is 0. The van der Waals surface area contributed by atoms with Gasteiger partial charge in [-0.2, -0.15) is 0 Å². The van der Waals surface area contributed by atoms with Crippen LogP contribution in [0.15, 0.2) is 83.3 Å². The molecule has 5 rings (SSSR count). The predicted octanol–water partition coefficient (Wildman–Crippen LogP) is 6.79. The van der Waals surface area contributed by atoms with Crippen LogP contribution in [-0.4, -0.2) is 0 Å². The maximum Gasteiger partial charge on any atom is 0.138 e. The predicted molar refractivity (Wildman–Crippen MR) is 106 cm³/mol. The molecule has 0 atom stereocenters. The molecule has 4 aromatic carbocycles. The summed E-state index contributed by atoms with van der Waals surface area (Å²) in [6, 6.07) is 27.2. The Morgan fingerprint density at radius 2 is 1.48 bits per heavy atom. The first-order valence-corrected chi connectivity index (χ1v) is 8.46. The quantitative estimate of drug-likeness (QED) is 0.387. The van der Waals surface area contributed by atoms with Gasteiger partial charge >= 0.3 is 0 Å². The van der Waals surface area contributed by atoms with E-state index in [0.29, 0.717) is 0 Å². The largest absolute Gasteiger partial charge is 0.456 e. The van der Waals surface area contributed by atoms with Gasteiger partial charge < -0.3 is 9.73 Å². The Labute approximate surface area is 145 Å². The Morgan fingerprint density at radius 3 is 2.36 bits per heavy atom. The Hall–Kier alpha value is -3.26. The van der Waals surface area contributed by atoms with Crippen molar-refractivity contribution >= 4 is 44.1 Å². The van der Waals surface area contributed by atoms with E-state index in [0.717, 1.165) is 27.9 Å². The molecule has 0 bridgehead atoms. The van der Waals surface area contributed by atoms with Crippen molar-refractivity contribution in [3.63, 3.8) is 0 Å². The number of rotatable bonds is 2. The van der Waals surface area contributed by atoms with Crippen LogP contribution in [-0.2, 0) is 0 Å². The molecule has 0 spiro atoms. The van der Waals surface area contributed by atoms with Gasteiger partial charge in [0.15, 0.2) is 0 Å². The summed E-state index contributed by atoms with van der Waals surface area (Å²) < 4.78 is 6.17. The smallest absolute Gasteiger partial charge is 0.138 e. The van der Waals surface area contributed by atoms with Crippen LogP contribution in [0.1, 0.15) is 5.56 Å². The molecule has 1 heterocycles. The molecular weight excluding hydrogens is 306 g/mol. The van der Waals surface area contributed by atoms with Gasteiger partial charge in [0.05, 0.1) is 0 Å². The van der Waals surface area contributed by atoms with Gasteiger partial charge in [-0.3, -0.25) is 0 Å². The molecule has 1 N–H and O–H groups in total. The number of hydrogen-bond donors (Lipinski definition) is 1. The van der Waals surface area contributed by atoms with E-state index in [4.69, 9.17) is 4.42 Å². The van der Waals surface area contributed by atoms with Crippen molar-refractivity contribution in [3.8, 4) is 0 Å². The molecule has 25 heavy (non-hydrogen) atoms. The van der Waals surface area contributed by atoms with Crippen LogP contribution in [0, 0.1) is 6.92 Å². The molecule has 2 nitrogen and oxygen atoms in total. The molecule has 0 saturated heterocycles. The molecular formula is C23H17NO. The average Bonchev–Trinajstić information content (AvgIpc) is 3.01. The molecule has 0 fully saturated rings. The van der Waals surface area contributed by atoms with Crippen molar-refractivity contribution in [1.29, 1.82) is 0 Å². The molecule has 0 amide bonds. The fourth-order valence-corrected chi connectivity index (χ4v) is 3.55. The SMILES string of the molecule is Cc1c2ccccc2cc2c1oc1ccc(Nc3ccccc3)cc12. The molecule has 2 heteroatoms. The molecule has 5 aromatic rings. The molecule has 0 aliphatic carbocycles. The molecule has 0 aliphatic rings. The summed E-state index contributed by atoms with van der Waals surface area (Å²) in [5.41, 5.74) is 5.24. The number of benzene rings is 4. The third-order valence-electron chi connectivity index (χ3n) is 4.79. The van der Waals surface area contributed by atoms with E-state index in [2.05, 4.69) is 66.8 Å². The molecule has 0 unspecified atom stereocenters. The van der Waals surface area contributed by atoms with Gasteiger partial charge in [0.2, 0.25) is 0 Å². The number of anilines is 2. The highest BCUT2D eigenvalue weighted by atomic mass is 16.3. The van der Waals surface area contributed by atoms with Crippen LogP contribution in [0.2, 0.25) is 0 Å². The number of fused-ring (bicyclic) bond motifs is 4. The number of para-hydroxylation sites is 1. The van der Waals surface area contributed by atoms with E-state index in [1.807, 2.05) is 24.3 Å². The van der Waals surface area contributed by atoms with Crippen LogP contribution in [0.25, 0.3) is 32.7 Å². The zero-order valence-corrected chi connectivity index (χ0v) is 13.9. The van der Waals surface area contributed by atoms with E-state index in [1.165, 1.54) is 21.7 Å². The molecule has 0 saturated carbocycles. The minimum atomic E-state index is 0.923. The first kappa shape index (κ1) is 14.1. The van der Waals surface area contributed by atoms with Crippen molar-refractivity contribution < 1.29 is 4.42 Å². The molecule has 120 valence electrons. The highest BCUT2D eigenvalue weighted by Gasteiger charge is 2.12. The highest BCUT2D eigenvalue weighted by molar-refractivity contribution is 6.12. The zero-order chi connectivity index (χ0) is 16.8. The van der Waals surface area contributed by atoms with Crippen LogP contribution >= 0.6 is 0 Å². The second kappa shape index (κ2) is 5.38. The lowest BCUT2D eigenvalue weighted by Gasteiger charge is -2.06. The van der Waals surface area contributed by atoms with Gasteiger partial charge in [0.25, 0.3) is 0 Å². The third kappa shape index (κ3) is 2.26. The topological polar surface area (TPSA) is 25.2 Å². The maximum absolute atomic E-state index is 6.17. The zero-order valence-electron chi connectivity index (χ0n) is 13.9.